The van der Waals surface area contributed by atoms with E-state index >= 15 is 0 Å². The van der Waals surface area contributed by atoms with Gasteiger partial charge in [-0.15, -0.1) is 5.10 Å². The molecule has 8 heteroatoms. The van der Waals surface area contributed by atoms with Crippen LogP contribution in [0.2, 0.25) is 0 Å². The largest absolute Gasteiger partial charge is 0.383 e. The van der Waals surface area contributed by atoms with Gasteiger partial charge in [0.05, 0.1) is 18.5 Å². The molecule has 0 radical (unpaired) electrons. The topological polar surface area (TPSA) is 71.8 Å². The van der Waals surface area contributed by atoms with Crippen LogP contribution in [-0.4, -0.2) is 54.4 Å². The summed E-state index contributed by atoms with van der Waals surface area (Å²) in [4.78, 5) is 16.1. The molecule has 172 valence electrons. The molecule has 3 heterocycles. The number of ether oxygens (including phenoxy) is 1. The predicted molar refractivity (Wildman–Crippen MR) is 124 cm³/mol. The van der Waals surface area contributed by atoms with Gasteiger partial charge in [-0.25, -0.2) is 13.9 Å². The second-order valence-corrected chi connectivity index (χ2v) is 6.69. The number of fused-ring (bicyclic) bond motifs is 1. The van der Waals surface area contributed by atoms with E-state index in [2.05, 4.69) is 31.1 Å². The summed E-state index contributed by atoms with van der Waals surface area (Å²) in [5.41, 5.74) is 2.02. The Morgan fingerprint density at radius 3 is 2.52 bits per heavy atom. The van der Waals surface area contributed by atoms with Gasteiger partial charge in [-0.3, -0.25) is 4.79 Å². The summed E-state index contributed by atoms with van der Waals surface area (Å²) in [6, 6.07) is 4.10. The number of amides is 1. The van der Waals surface area contributed by atoms with Gasteiger partial charge < -0.3 is 15.0 Å². The number of imidazole rings is 1. The van der Waals surface area contributed by atoms with Gasteiger partial charge in [0.1, 0.15) is 11.6 Å². The van der Waals surface area contributed by atoms with Crippen LogP contribution >= 0.6 is 0 Å². The molecule has 31 heavy (non-hydrogen) atoms. The van der Waals surface area contributed by atoms with Gasteiger partial charge in [0.2, 0.25) is 6.41 Å². The molecule has 0 aromatic carbocycles. The summed E-state index contributed by atoms with van der Waals surface area (Å²) in [6.07, 6.45) is 11.9. The second kappa shape index (κ2) is 16.0. The van der Waals surface area contributed by atoms with Crippen LogP contribution in [-0.2, 0) is 9.53 Å². The number of nitrogens with one attached hydrogen (secondary N) is 1. The van der Waals surface area contributed by atoms with Crippen molar-refractivity contribution in [3.05, 3.63) is 48.1 Å². The van der Waals surface area contributed by atoms with Crippen molar-refractivity contribution in [1.82, 2.24) is 19.9 Å². The predicted octanol–water partition coefficient (Wildman–Crippen LogP) is 4.23. The number of aryl methyl sites for hydroxylation is 1. The Labute approximate surface area is 185 Å². The van der Waals surface area contributed by atoms with Gasteiger partial charge in [0, 0.05) is 26.7 Å². The fourth-order valence-electron chi connectivity index (χ4n) is 2.89. The summed E-state index contributed by atoms with van der Waals surface area (Å²) in [5, 5.41) is 7.04. The van der Waals surface area contributed by atoms with Crippen LogP contribution in [0.25, 0.3) is 5.65 Å². The maximum atomic E-state index is 12.0. The molecule has 2 aromatic rings. The van der Waals surface area contributed by atoms with E-state index in [1.54, 1.807) is 13.2 Å². The number of halogens is 1. The lowest BCUT2D eigenvalue weighted by molar-refractivity contribution is -0.109. The zero-order valence-corrected chi connectivity index (χ0v) is 19.2. The summed E-state index contributed by atoms with van der Waals surface area (Å²) in [6.45, 7) is 9.47. The Bertz CT molecular complexity index is 813. The molecular weight excluding hydrogens is 397 g/mol. The van der Waals surface area contributed by atoms with E-state index in [1.807, 2.05) is 43.6 Å². The highest BCUT2D eigenvalue weighted by Crippen LogP contribution is 2.18. The summed E-state index contributed by atoms with van der Waals surface area (Å²) in [7, 11) is 1.59. The van der Waals surface area contributed by atoms with Gasteiger partial charge in [-0.2, -0.15) is 0 Å². The number of hydrogen-bond donors (Lipinski definition) is 1. The van der Waals surface area contributed by atoms with Crippen molar-refractivity contribution in [2.75, 3.05) is 38.3 Å². The summed E-state index contributed by atoms with van der Waals surface area (Å²) >= 11 is 0. The van der Waals surface area contributed by atoms with E-state index < -0.39 is 0 Å². The SMILES string of the molecule is CC.COCCNC=O.Cc1cnc2ccc(N3CCCC3)nn12.FC1=CCCC=C1. The number of rotatable bonds is 5. The standard InChI is InChI=1S/C11H14N4.C6H7F.C4H9NO2.C2H6/c1-9-8-12-10-4-5-11(13-15(9)10)14-6-2-3-7-14;7-6-4-2-1-3-5-6;1-7-3-2-5-4-6;1-2/h4-5,8H,2-3,6-7H2,1H3;2,4-5H,1,3H2;4H,2-3H2,1H3,(H,5,6);1-2H3. The van der Waals surface area contributed by atoms with Crippen molar-refractivity contribution in [1.29, 1.82) is 0 Å². The molecule has 0 unspecified atom stereocenters. The highest BCUT2D eigenvalue weighted by atomic mass is 19.1. The number of hydrogen-bond acceptors (Lipinski definition) is 5. The lowest BCUT2D eigenvalue weighted by Crippen LogP contribution is -2.19. The molecule has 1 N–H and O–H groups in total. The molecule has 2 aliphatic rings. The third-order valence-electron chi connectivity index (χ3n) is 4.43. The van der Waals surface area contributed by atoms with E-state index in [-0.39, 0.29) is 5.83 Å². The third kappa shape index (κ3) is 9.74. The minimum absolute atomic E-state index is 0.0914. The van der Waals surface area contributed by atoms with Crippen molar-refractivity contribution >= 4 is 17.9 Å². The molecule has 2 aromatic heterocycles. The number of carbonyl (C=O) groups excluding carboxylic acids is 1. The fraction of sp³-hybridized carbons (Fsp3) is 0.522. The van der Waals surface area contributed by atoms with Crippen molar-refractivity contribution in [3.8, 4) is 0 Å². The number of anilines is 1. The zero-order valence-electron chi connectivity index (χ0n) is 19.2. The van der Waals surface area contributed by atoms with Crippen molar-refractivity contribution in [3.63, 3.8) is 0 Å². The molecular formula is C23H36FN5O2. The summed E-state index contributed by atoms with van der Waals surface area (Å²) in [5.74, 6) is 0.979. The summed E-state index contributed by atoms with van der Waals surface area (Å²) < 4.78 is 18.5. The number of nitrogens with zero attached hydrogens (tertiary/aromatic N) is 4. The zero-order chi connectivity index (χ0) is 22.9. The first-order chi connectivity index (χ1) is 15.2. The van der Waals surface area contributed by atoms with E-state index in [0.717, 1.165) is 43.1 Å². The molecule has 1 amide bonds. The van der Waals surface area contributed by atoms with Gasteiger partial charge in [-0.1, -0.05) is 19.9 Å². The van der Waals surface area contributed by atoms with E-state index in [1.165, 1.54) is 18.9 Å². The van der Waals surface area contributed by atoms with Crippen LogP contribution in [0.1, 0.15) is 45.2 Å². The molecule has 1 fully saturated rings. The fourth-order valence-corrected chi connectivity index (χ4v) is 2.89. The maximum absolute atomic E-state index is 12.0. The highest BCUT2D eigenvalue weighted by molar-refractivity contribution is 5.47. The van der Waals surface area contributed by atoms with Gasteiger partial charge in [0.25, 0.3) is 0 Å². The van der Waals surface area contributed by atoms with Crippen LogP contribution in [0.3, 0.4) is 0 Å². The monoisotopic (exact) mass is 433 g/mol. The maximum Gasteiger partial charge on any atom is 0.207 e. The second-order valence-electron chi connectivity index (χ2n) is 6.69. The first-order valence-corrected chi connectivity index (χ1v) is 10.9. The lowest BCUT2D eigenvalue weighted by atomic mass is 10.2. The lowest BCUT2D eigenvalue weighted by Gasteiger charge is -2.15. The van der Waals surface area contributed by atoms with Gasteiger partial charge in [0.15, 0.2) is 5.65 Å². The van der Waals surface area contributed by atoms with Crippen molar-refractivity contribution in [2.24, 2.45) is 0 Å². The van der Waals surface area contributed by atoms with Crippen LogP contribution in [0.15, 0.2) is 42.4 Å². The van der Waals surface area contributed by atoms with E-state index in [0.29, 0.717) is 19.6 Å². The molecule has 0 atom stereocenters. The average Bonchev–Trinajstić information content (AvgIpc) is 3.47. The molecule has 0 saturated carbocycles. The van der Waals surface area contributed by atoms with Crippen LogP contribution < -0.4 is 10.2 Å². The quantitative estimate of drug-likeness (QED) is 0.564. The Balaban J connectivity index is 0.000000254. The van der Waals surface area contributed by atoms with E-state index in [9.17, 15) is 9.18 Å². The average molecular weight is 434 g/mol. The molecule has 0 spiro atoms. The van der Waals surface area contributed by atoms with Crippen molar-refractivity contribution < 1.29 is 13.9 Å². The molecule has 0 bridgehead atoms. The van der Waals surface area contributed by atoms with E-state index in [4.69, 9.17) is 0 Å². The third-order valence-corrected chi connectivity index (χ3v) is 4.43. The van der Waals surface area contributed by atoms with Crippen LogP contribution in [0, 0.1) is 6.92 Å². The number of carbonyl (C=O) groups is 1. The van der Waals surface area contributed by atoms with Gasteiger partial charge >= 0.3 is 0 Å². The minimum atomic E-state index is -0.0914. The normalized spacial score (nSPS) is 14.4. The highest BCUT2D eigenvalue weighted by Gasteiger charge is 2.14. The van der Waals surface area contributed by atoms with Crippen LogP contribution in [0.4, 0.5) is 10.2 Å². The Morgan fingerprint density at radius 1 is 1.23 bits per heavy atom. The number of allylic oxidation sites excluding steroid dienone is 4. The Hall–Kier alpha value is -2.74. The van der Waals surface area contributed by atoms with Crippen molar-refractivity contribution in [2.45, 2.75) is 46.5 Å². The molecule has 4 rings (SSSR count). The first kappa shape index (κ1) is 26.3. The minimum Gasteiger partial charge on any atom is -0.383 e. The molecule has 1 saturated heterocycles. The smallest absolute Gasteiger partial charge is 0.207 e. The van der Waals surface area contributed by atoms with Crippen LogP contribution in [0.5, 0.6) is 0 Å². The number of methoxy groups -OCH3 is 1. The molecule has 1 aliphatic heterocycles. The number of aromatic nitrogens is 3. The Kier molecular flexibility index (Phi) is 13.6. The Morgan fingerprint density at radius 2 is 1.97 bits per heavy atom. The van der Waals surface area contributed by atoms with Gasteiger partial charge in [-0.05, 0) is 56.9 Å². The molecule has 7 nitrogen and oxygen atoms in total. The first-order valence-electron chi connectivity index (χ1n) is 10.9. The molecule has 1 aliphatic carbocycles.